The van der Waals surface area contributed by atoms with Gasteiger partial charge in [0.15, 0.2) is 26.4 Å². The van der Waals surface area contributed by atoms with Crippen molar-refractivity contribution in [2.75, 3.05) is 26.4 Å². The van der Waals surface area contributed by atoms with E-state index in [2.05, 4.69) is 17.7 Å². The van der Waals surface area contributed by atoms with Crippen LogP contribution < -0.4 is 0 Å². The van der Waals surface area contributed by atoms with E-state index in [-0.39, 0.29) is 0 Å². The number of halogens is 8. The fourth-order valence-electron chi connectivity index (χ4n) is 1.16. The molecule has 0 fully saturated rings. The van der Waals surface area contributed by atoms with E-state index in [1.807, 2.05) is 0 Å². The Bertz CT molecular complexity index is 646. The van der Waals surface area contributed by atoms with Crippen molar-refractivity contribution in [3.8, 4) is 0 Å². The predicted octanol–water partition coefficient (Wildman–Crippen LogP) is 0.966. The lowest BCUT2D eigenvalue weighted by Crippen LogP contribution is -2.57. The number of hydrogen-bond acceptors (Lipinski definition) is 12. The zero-order chi connectivity index (χ0) is 26.5. The normalized spacial score (nSPS) is 13.6. The zero-order valence-corrected chi connectivity index (χ0v) is 16.0. The van der Waals surface area contributed by atoms with Crippen LogP contribution in [0.2, 0.25) is 0 Å². The molecule has 192 valence electrons. The van der Waals surface area contributed by atoms with E-state index in [0.717, 1.165) is 0 Å². The van der Waals surface area contributed by atoms with Crippen molar-refractivity contribution in [1.82, 2.24) is 0 Å². The van der Waals surface area contributed by atoms with Crippen molar-refractivity contribution in [2.24, 2.45) is 0 Å². The predicted molar refractivity (Wildman–Crippen MR) is 77.3 cm³/mol. The van der Waals surface area contributed by atoms with Gasteiger partial charge in [0.2, 0.25) is 0 Å². The first kappa shape index (κ1) is 30.1. The highest BCUT2D eigenvalue weighted by Crippen LogP contribution is 2.27. The molecule has 0 unspecified atom stereocenters. The van der Waals surface area contributed by atoms with Crippen LogP contribution in [0.4, 0.5) is 35.1 Å². The molecule has 0 aromatic carbocycles. The van der Waals surface area contributed by atoms with Crippen molar-refractivity contribution < 1.29 is 72.5 Å². The molecule has 0 aliphatic heterocycles. The number of rotatable bonds is 16. The SMILES string of the molecule is O=[N+]([O-])C(F)(F)CO[Si](OCC(F)(F)[N+](=O)[O-])(OCC(F)(F)[N+](=O)[O-])OCC(F)(F)[N+](=O)[O-]. The smallest absolute Gasteiger partial charge is 0.337 e. The molecule has 0 atom stereocenters. The Kier molecular flexibility index (Phi) is 9.44. The molecule has 0 amide bonds. The molecule has 0 bridgehead atoms. The fraction of sp³-hybridized carbons (Fsp3) is 1.00. The van der Waals surface area contributed by atoms with E-state index >= 15 is 0 Å². The molecule has 0 saturated carbocycles. The third-order valence-corrected chi connectivity index (χ3v) is 4.75. The van der Waals surface area contributed by atoms with Gasteiger partial charge in [-0.1, -0.05) is 0 Å². The van der Waals surface area contributed by atoms with Crippen LogP contribution in [0.1, 0.15) is 0 Å². The Balaban J connectivity index is 6.21. The summed E-state index contributed by atoms with van der Waals surface area (Å²) in [6.45, 7) is -10.9. The fourth-order valence-corrected chi connectivity index (χ4v) is 3.06. The second-order valence-corrected chi connectivity index (χ2v) is 7.50. The third kappa shape index (κ3) is 8.86. The van der Waals surface area contributed by atoms with E-state index < -0.39 is 79.4 Å². The first-order valence-corrected chi connectivity index (χ1v) is 8.89. The van der Waals surface area contributed by atoms with Gasteiger partial charge >= 0.3 is 33.2 Å². The highest BCUT2D eigenvalue weighted by molar-refractivity contribution is 6.53. The quantitative estimate of drug-likeness (QED) is 0.0895. The average molecular weight is 532 g/mol. The molecule has 16 nitrogen and oxygen atoms in total. The third-order valence-electron chi connectivity index (χ3n) is 2.76. The summed E-state index contributed by atoms with van der Waals surface area (Å²) in [4.78, 5) is 31.0. The second kappa shape index (κ2) is 10.4. The lowest BCUT2D eigenvalue weighted by atomic mass is 10.6. The number of nitro groups is 4. The maximum atomic E-state index is 13.1. The van der Waals surface area contributed by atoms with Gasteiger partial charge < -0.3 is 17.7 Å². The Morgan fingerprint density at radius 3 is 0.758 bits per heavy atom. The van der Waals surface area contributed by atoms with Crippen LogP contribution in [0.25, 0.3) is 0 Å². The molecule has 0 spiro atoms. The van der Waals surface area contributed by atoms with Crippen molar-refractivity contribution >= 4 is 9.05 Å². The maximum Gasteiger partial charge on any atom is 0.681 e. The Morgan fingerprint density at radius 2 is 0.636 bits per heavy atom. The molecule has 0 saturated heterocycles. The molecule has 0 N–H and O–H groups in total. The summed E-state index contributed by atoms with van der Waals surface area (Å²) >= 11 is 0. The van der Waals surface area contributed by atoms with Gasteiger partial charge in [-0.2, -0.15) is 0 Å². The summed E-state index contributed by atoms with van der Waals surface area (Å²) in [5, 5.41) is 40.8. The maximum absolute atomic E-state index is 13.1. The summed E-state index contributed by atoms with van der Waals surface area (Å²) in [6, 6.07) is -21.0. The van der Waals surface area contributed by atoms with Crippen molar-refractivity contribution in [2.45, 2.75) is 24.2 Å². The van der Waals surface area contributed by atoms with Crippen LogP contribution in [0, 0.1) is 40.5 Å². The van der Waals surface area contributed by atoms with Gasteiger partial charge in [-0.3, -0.25) is 40.5 Å². The van der Waals surface area contributed by atoms with Gasteiger partial charge in [-0.25, -0.2) is 0 Å². The average Bonchev–Trinajstić information content (AvgIpc) is 2.66. The van der Waals surface area contributed by atoms with Gasteiger partial charge in [0, 0.05) is 0 Å². The van der Waals surface area contributed by atoms with Gasteiger partial charge in [-0.05, 0) is 0 Å². The van der Waals surface area contributed by atoms with E-state index in [1.54, 1.807) is 0 Å². The van der Waals surface area contributed by atoms with Crippen molar-refractivity contribution in [3.05, 3.63) is 40.5 Å². The number of hydrogen-bond donors (Lipinski definition) is 0. The van der Waals surface area contributed by atoms with Gasteiger partial charge in [0.25, 0.3) is 0 Å². The minimum Gasteiger partial charge on any atom is -0.337 e. The molecule has 0 radical (unpaired) electrons. The summed E-state index contributed by atoms with van der Waals surface area (Å²) in [6.07, 6.45) is 0. The summed E-state index contributed by atoms with van der Waals surface area (Å²) in [5.74, 6) is 0. The highest BCUT2D eigenvalue weighted by atomic mass is 28.4. The largest absolute Gasteiger partial charge is 0.681 e. The first-order valence-electron chi connectivity index (χ1n) is 7.25. The minimum atomic E-state index is -6.56. The molecule has 0 aliphatic rings. The van der Waals surface area contributed by atoms with Gasteiger partial charge in [-0.15, -0.1) is 35.1 Å². The van der Waals surface area contributed by atoms with Crippen molar-refractivity contribution in [3.63, 3.8) is 0 Å². The van der Waals surface area contributed by atoms with Crippen LogP contribution >= 0.6 is 0 Å². The standard InChI is InChI=1S/C8H8F8N4O12Si/c9-5(10,17(21)22)1-29-33(30-2-6(11,12)18(23)24,31-3-7(13,14)19(25)26)32-4-8(15,16)20(27)28/h1-4H2. The van der Waals surface area contributed by atoms with E-state index in [0.29, 0.717) is 0 Å². The van der Waals surface area contributed by atoms with E-state index in [9.17, 15) is 75.6 Å². The number of alkyl halides is 8. The summed E-state index contributed by atoms with van der Waals surface area (Å²) in [5.41, 5.74) is 0. The molecular weight excluding hydrogens is 524 g/mol. The van der Waals surface area contributed by atoms with E-state index in [4.69, 9.17) is 0 Å². The van der Waals surface area contributed by atoms with Gasteiger partial charge in [0.05, 0.1) is 19.7 Å². The van der Waals surface area contributed by atoms with Crippen LogP contribution in [-0.2, 0) is 17.7 Å². The van der Waals surface area contributed by atoms with Crippen LogP contribution in [-0.4, -0.2) is 79.4 Å². The molecule has 0 aliphatic carbocycles. The minimum absolute atomic E-state index is 2.44. The lowest BCUT2D eigenvalue weighted by Gasteiger charge is -2.28. The lowest BCUT2D eigenvalue weighted by molar-refractivity contribution is -0.651. The van der Waals surface area contributed by atoms with Gasteiger partial charge in [0.1, 0.15) is 0 Å². The second-order valence-electron chi connectivity index (χ2n) is 5.35. The number of nitrogens with zero attached hydrogens (tertiary/aromatic N) is 4. The van der Waals surface area contributed by atoms with Crippen LogP contribution in [0.5, 0.6) is 0 Å². The van der Waals surface area contributed by atoms with Crippen LogP contribution in [0.3, 0.4) is 0 Å². The topological polar surface area (TPSA) is 209 Å². The Hall–Kier alpha value is -2.90. The molecular formula is C8H8F8N4O12Si. The zero-order valence-electron chi connectivity index (χ0n) is 15.0. The summed E-state index contributed by atoms with van der Waals surface area (Å²) < 4.78 is 120. The molecule has 33 heavy (non-hydrogen) atoms. The Labute approximate surface area is 174 Å². The molecule has 25 heteroatoms. The van der Waals surface area contributed by atoms with Crippen LogP contribution in [0.15, 0.2) is 0 Å². The highest BCUT2D eigenvalue weighted by Gasteiger charge is 2.61. The molecule has 0 heterocycles. The Morgan fingerprint density at radius 1 is 0.485 bits per heavy atom. The molecule has 0 aromatic rings. The molecule has 0 aromatic heterocycles. The van der Waals surface area contributed by atoms with E-state index in [1.165, 1.54) is 0 Å². The molecule has 0 rings (SSSR count). The first-order chi connectivity index (χ1) is 14.6. The summed E-state index contributed by atoms with van der Waals surface area (Å²) in [7, 11) is -6.56. The monoisotopic (exact) mass is 532 g/mol. The van der Waals surface area contributed by atoms with Crippen molar-refractivity contribution in [1.29, 1.82) is 0 Å².